The van der Waals surface area contributed by atoms with E-state index in [2.05, 4.69) is 0 Å². The van der Waals surface area contributed by atoms with Crippen LogP contribution in [0, 0.1) is 5.82 Å². The summed E-state index contributed by atoms with van der Waals surface area (Å²) in [5, 5.41) is 12.1. The standard InChI is InChI=1S/C16H11Cl2FOS/c17-12-3-1-2-9(16(12)18)7-13(20)15-8-10-6-11(19)4-5-14(10)21-15/h1-6,8,13,20H,7H2. The minimum atomic E-state index is -0.693. The van der Waals surface area contributed by atoms with Gasteiger partial charge in [0.25, 0.3) is 0 Å². The summed E-state index contributed by atoms with van der Waals surface area (Å²) in [6, 6.07) is 11.8. The van der Waals surface area contributed by atoms with E-state index in [9.17, 15) is 9.50 Å². The van der Waals surface area contributed by atoms with Crippen LogP contribution in [0.3, 0.4) is 0 Å². The van der Waals surface area contributed by atoms with Crippen LogP contribution in [-0.4, -0.2) is 5.11 Å². The Bertz CT molecular complexity index is 800. The zero-order chi connectivity index (χ0) is 15.0. The first kappa shape index (κ1) is 14.8. The molecule has 0 fully saturated rings. The van der Waals surface area contributed by atoms with Crippen molar-refractivity contribution in [2.24, 2.45) is 0 Å². The lowest BCUT2D eigenvalue weighted by Crippen LogP contribution is -2.00. The van der Waals surface area contributed by atoms with Crippen molar-refractivity contribution in [2.75, 3.05) is 0 Å². The molecule has 0 spiro atoms. The summed E-state index contributed by atoms with van der Waals surface area (Å²) >= 11 is 13.6. The topological polar surface area (TPSA) is 20.2 Å². The van der Waals surface area contributed by atoms with Gasteiger partial charge in [-0.25, -0.2) is 4.39 Å². The molecule has 0 radical (unpaired) electrons. The number of hydrogen-bond acceptors (Lipinski definition) is 2. The minimum Gasteiger partial charge on any atom is -0.387 e. The van der Waals surface area contributed by atoms with Crippen LogP contribution in [0.15, 0.2) is 42.5 Å². The first-order valence-corrected chi connectivity index (χ1v) is 7.92. The van der Waals surface area contributed by atoms with Crippen molar-refractivity contribution in [2.45, 2.75) is 12.5 Å². The number of thiophene rings is 1. The molecule has 5 heteroatoms. The molecular weight excluding hydrogens is 330 g/mol. The molecule has 0 saturated heterocycles. The Labute approximate surface area is 135 Å². The number of hydrogen-bond donors (Lipinski definition) is 1. The first-order chi connectivity index (χ1) is 10.0. The van der Waals surface area contributed by atoms with Gasteiger partial charge in [-0.2, -0.15) is 0 Å². The lowest BCUT2D eigenvalue weighted by Gasteiger charge is -2.10. The fourth-order valence-corrected chi connectivity index (χ4v) is 3.64. The minimum absolute atomic E-state index is 0.278. The molecule has 21 heavy (non-hydrogen) atoms. The van der Waals surface area contributed by atoms with Gasteiger partial charge in [-0.15, -0.1) is 11.3 Å². The second kappa shape index (κ2) is 5.93. The molecule has 0 aliphatic heterocycles. The van der Waals surface area contributed by atoms with Crippen LogP contribution in [0.2, 0.25) is 10.0 Å². The summed E-state index contributed by atoms with van der Waals surface area (Å²) in [6.45, 7) is 0. The molecule has 1 nitrogen and oxygen atoms in total. The van der Waals surface area contributed by atoms with Crippen LogP contribution in [0.5, 0.6) is 0 Å². The second-order valence-electron chi connectivity index (χ2n) is 4.76. The Morgan fingerprint density at radius 1 is 1.14 bits per heavy atom. The highest BCUT2D eigenvalue weighted by atomic mass is 35.5. The third-order valence-electron chi connectivity index (χ3n) is 3.27. The summed E-state index contributed by atoms with van der Waals surface area (Å²) in [4.78, 5) is 0.784. The number of fused-ring (bicyclic) bond motifs is 1. The predicted octanol–water partition coefficient (Wildman–Crippen LogP) is 5.62. The zero-order valence-electron chi connectivity index (χ0n) is 10.8. The van der Waals surface area contributed by atoms with Gasteiger partial charge in [-0.1, -0.05) is 35.3 Å². The van der Waals surface area contributed by atoms with E-state index in [4.69, 9.17) is 23.2 Å². The van der Waals surface area contributed by atoms with E-state index < -0.39 is 6.10 Å². The highest BCUT2D eigenvalue weighted by Gasteiger charge is 2.15. The summed E-state index contributed by atoms with van der Waals surface area (Å²) in [5.41, 5.74) is 0.792. The molecule has 0 aliphatic carbocycles. The Morgan fingerprint density at radius 3 is 2.76 bits per heavy atom. The summed E-state index contributed by atoms with van der Waals surface area (Å²) in [6.07, 6.45) is -0.323. The number of aliphatic hydroxyl groups is 1. The highest BCUT2D eigenvalue weighted by Crippen LogP contribution is 2.34. The van der Waals surface area contributed by atoms with E-state index in [0.29, 0.717) is 16.5 Å². The maximum absolute atomic E-state index is 13.2. The Kier molecular flexibility index (Phi) is 4.18. The van der Waals surface area contributed by atoms with Crippen LogP contribution in [0.1, 0.15) is 16.5 Å². The molecule has 1 unspecified atom stereocenters. The largest absolute Gasteiger partial charge is 0.387 e. The van der Waals surface area contributed by atoms with Crippen molar-refractivity contribution >= 4 is 44.6 Å². The van der Waals surface area contributed by atoms with Crippen molar-refractivity contribution in [1.82, 2.24) is 0 Å². The van der Waals surface area contributed by atoms with Gasteiger partial charge in [0, 0.05) is 16.0 Å². The average molecular weight is 341 g/mol. The molecule has 0 aliphatic rings. The Balaban J connectivity index is 1.89. The molecule has 3 aromatic rings. The van der Waals surface area contributed by atoms with Gasteiger partial charge >= 0.3 is 0 Å². The molecule has 1 atom stereocenters. The van der Waals surface area contributed by atoms with Gasteiger partial charge in [0.1, 0.15) is 5.82 Å². The predicted molar refractivity (Wildman–Crippen MR) is 86.9 cm³/mol. The smallest absolute Gasteiger partial charge is 0.123 e. The third kappa shape index (κ3) is 3.06. The van der Waals surface area contributed by atoms with E-state index >= 15 is 0 Å². The van der Waals surface area contributed by atoms with Crippen molar-refractivity contribution < 1.29 is 9.50 Å². The quantitative estimate of drug-likeness (QED) is 0.655. The summed E-state index contributed by atoms with van der Waals surface area (Å²) in [5.74, 6) is -0.278. The molecule has 3 rings (SSSR count). The number of halogens is 3. The van der Waals surface area contributed by atoms with E-state index in [1.807, 2.05) is 12.1 Å². The number of rotatable bonds is 3. The molecule has 1 heterocycles. The van der Waals surface area contributed by atoms with Gasteiger partial charge in [0.05, 0.1) is 16.1 Å². The fraction of sp³-hybridized carbons (Fsp3) is 0.125. The Morgan fingerprint density at radius 2 is 1.95 bits per heavy atom. The molecule has 0 bridgehead atoms. The third-order valence-corrected chi connectivity index (χ3v) is 5.35. The van der Waals surface area contributed by atoms with Crippen molar-refractivity contribution in [3.8, 4) is 0 Å². The maximum atomic E-state index is 13.2. The molecular formula is C16H11Cl2FOS. The molecule has 0 amide bonds. The number of benzene rings is 2. The van der Waals surface area contributed by atoms with Gasteiger partial charge in [-0.05, 0) is 41.3 Å². The van der Waals surface area contributed by atoms with E-state index in [0.717, 1.165) is 20.5 Å². The zero-order valence-corrected chi connectivity index (χ0v) is 13.1. The van der Waals surface area contributed by atoms with Gasteiger partial charge < -0.3 is 5.11 Å². The van der Waals surface area contributed by atoms with Crippen molar-refractivity contribution in [3.63, 3.8) is 0 Å². The number of aliphatic hydroxyl groups excluding tert-OH is 1. The molecule has 0 saturated carbocycles. The van der Waals surface area contributed by atoms with E-state index in [1.165, 1.54) is 23.5 Å². The van der Waals surface area contributed by atoms with E-state index in [-0.39, 0.29) is 5.82 Å². The highest BCUT2D eigenvalue weighted by molar-refractivity contribution is 7.19. The molecule has 108 valence electrons. The summed E-state index contributed by atoms with van der Waals surface area (Å²) in [7, 11) is 0. The molecule has 1 aromatic heterocycles. The first-order valence-electron chi connectivity index (χ1n) is 6.34. The normalized spacial score (nSPS) is 12.8. The molecule has 1 N–H and O–H groups in total. The van der Waals surface area contributed by atoms with Gasteiger partial charge in [-0.3, -0.25) is 0 Å². The maximum Gasteiger partial charge on any atom is 0.123 e. The lowest BCUT2D eigenvalue weighted by atomic mass is 10.1. The van der Waals surface area contributed by atoms with Crippen LogP contribution >= 0.6 is 34.5 Å². The summed E-state index contributed by atoms with van der Waals surface area (Å²) < 4.78 is 14.1. The van der Waals surface area contributed by atoms with Crippen molar-refractivity contribution in [1.29, 1.82) is 0 Å². The van der Waals surface area contributed by atoms with Crippen LogP contribution < -0.4 is 0 Å². The van der Waals surface area contributed by atoms with Crippen molar-refractivity contribution in [3.05, 3.63) is 68.8 Å². The SMILES string of the molecule is OC(Cc1cccc(Cl)c1Cl)c1cc2cc(F)ccc2s1. The average Bonchev–Trinajstić information content (AvgIpc) is 2.87. The van der Waals surface area contributed by atoms with E-state index in [1.54, 1.807) is 18.2 Å². The monoisotopic (exact) mass is 340 g/mol. The van der Waals surface area contributed by atoms with Crippen LogP contribution in [0.4, 0.5) is 4.39 Å². The van der Waals surface area contributed by atoms with Crippen LogP contribution in [-0.2, 0) is 6.42 Å². The molecule has 2 aromatic carbocycles. The van der Waals surface area contributed by atoms with Gasteiger partial charge in [0.15, 0.2) is 0 Å². The van der Waals surface area contributed by atoms with Gasteiger partial charge in [0.2, 0.25) is 0 Å². The fourth-order valence-electron chi connectivity index (χ4n) is 2.21. The lowest BCUT2D eigenvalue weighted by molar-refractivity contribution is 0.182. The van der Waals surface area contributed by atoms with Crippen LogP contribution in [0.25, 0.3) is 10.1 Å². The second-order valence-corrected chi connectivity index (χ2v) is 6.66. The Hall–Kier alpha value is -1.13.